The number of rotatable bonds is 63. The molecule has 18 atom stereocenters. The zero-order valence-electron chi connectivity index (χ0n) is 61.8. The van der Waals surface area contributed by atoms with E-state index in [1.807, 2.05) is 0 Å². The standard InChI is InChI=1S/C75H141O24P/c1-4-7-10-13-16-19-22-25-28-30-33-35-38-41-44-47-50-60(78)92-55-58-63(81)65(83)70(88)75(96-58)98-72-68(86)66(84)67(85)71(97-74-69(87)64(82)62(80)57(52-76)95-74)73(72)99-100(89,90)93-54-56(94-61(79)51-48-45-42-39-36-31-27-24-21-18-15-12-9-6-3)53-91-59(77)49-46-43-40-37-34-32-29-26-23-20-17-14-11-8-5-2/h56-58,62-76,80-88H,4-55H2,1-3H3,(H,89,90). The summed E-state index contributed by atoms with van der Waals surface area (Å²) in [6.45, 7) is 3.50. The van der Waals surface area contributed by atoms with Crippen LogP contribution in [0.4, 0.5) is 0 Å². The first kappa shape index (κ1) is 92.2. The molecule has 3 aliphatic rings. The summed E-state index contributed by atoms with van der Waals surface area (Å²) in [6.07, 6.45) is 15.7. The monoisotopic (exact) mass is 1460 g/mol. The number of aliphatic hydroxyl groups excluding tert-OH is 10. The van der Waals surface area contributed by atoms with Crippen LogP contribution in [0.25, 0.3) is 0 Å². The second-order valence-corrected chi connectivity index (χ2v) is 30.2. The zero-order chi connectivity index (χ0) is 73.2. The normalized spacial score (nSPS) is 27.3. The summed E-state index contributed by atoms with van der Waals surface area (Å²) in [5.41, 5.74) is 0. The number of esters is 3. The molecule has 0 amide bonds. The summed E-state index contributed by atoms with van der Waals surface area (Å²) in [5.74, 6) is -1.97. The Morgan fingerprint density at radius 1 is 0.350 bits per heavy atom. The minimum absolute atomic E-state index is 0.0330. The van der Waals surface area contributed by atoms with Gasteiger partial charge in [0.25, 0.3) is 0 Å². The van der Waals surface area contributed by atoms with Gasteiger partial charge in [0.05, 0.1) is 13.2 Å². The fourth-order valence-corrected chi connectivity index (χ4v) is 14.4. The van der Waals surface area contributed by atoms with Gasteiger partial charge in [-0.25, -0.2) is 4.57 Å². The molecule has 25 heteroatoms. The Morgan fingerprint density at radius 3 is 0.980 bits per heavy atom. The Morgan fingerprint density at radius 2 is 0.640 bits per heavy atom. The average molecular weight is 1460 g/mol. The van der Waals surface area contributed by atoms with E-state index in [4.69, 9.17) is 42.2 Å². The second kappa shape index (κ2) is 57.2. The van der Waals surface area contributed by atoms with Gasteiger partial charge in [-0.05, 0) is 19.3 Å². The molecule has 24 nitrogen and oxygen atoms in total. The maximum atomic E-state index is 14.4. The van der Waals surface area contributed by atoms with Crippen molar-refractivity contribution in [1.82, 2.24) is 0 Å². The first-order chi connectivity index (χ1) is 48.3. The molecular weight excluding hydrogens is 1320 g/mol. The number of phosphoric ester groups is 1. The smallest absolute Gasteiger partial charge is 0.463 e. The van der Waals surface area contributed by atoms with E-state index in [9.17, 15) is 74.9 Å². The number of hydrogen-bond donors (Lipinski definition) is 11. The van der Waals surface area contributed by atoms with E-state index in [0.29, 0.717) is 19.3 Å². The van der Waals surface area contributed by atoms with Gasteiger partial charge in [0.15, 0.2) is 18.7 Å². The molecular formula is C75H141O24P. The molecule has 1 saturated carbocycles. The number of hydrogen-bond acceptors (Lipinski definition) is 23. The fraction of sp³-hybridized carbons (Fsp3) is 0.960. The number of ether oxygens (including phenoxy) is 7. The van der Waals surface area contributed by atoms with Crippen LogP contribution in [-0.2, 0) is 61.2 Å². The molecule has 2 heterocycles. The molecule has 0 aromatic heterocycles. The fourth-order valence-electron chi connectivity index (χ4n) is 13.4. The Balaban J connectivity index is 1.70. The van der Waals surface area contributed by atoms with Crippen LogP contribution in [0.3, 0.4) is 0 Å². The first-order valence-corrected chi connectivity index (χ1v) is 41.3. The van der Waals surface area contributed by atoms with Crippen LogP contribution in [0.2, 0.25) is 0 Å². The van der Waals surface area contributed by atoms with Crippen molar-refractivity contribution < 1.29 is 117 Å². The predicted octanol–water partition coefficient (Wildman–Crippen LogP) is 11.7. The van der Waals surface area contributed by atoms with Crippen molar-refractivity contribution in [2.75, 3.05) is 26.4 Å². The van der Waals surface area contributed by atoms with E-state index >= 15 is 0 Å². The molecule has 100 heavy (non-hydrogen) atoms. The molecule has 11 N–H and O–H groups in total. The summed E-state index contributed by atoms with van der Waals surface area (Å²) >= 11 is 0. The molecule has 1 aliphatic carbocycles. The number of phosphoric acid groups is 1. The van der Waals surface area contributed by atoms with Crippen LogP contribution in [0.1, 0.15) is 329 Å². The maximum absolute atomic E-state index is 14.4. The van der Waals surface area contributed by atoms with Gasteiger partial charge in [0.1, 0.15) is 98.7 Å². The quantitative estimate of drug-likeness (QED) is 0.0117. The molecule has 0 spiro atoms. The Kier molecular flexibility index (Phi) is 52.7. The summed E-state index contributed by atoms with van der Waals surface area (Å²) in [6, 6.07) is 0. The lowest BCUT2D eigenvalue weighted by molar-refractivity contribution is -0.360. The lowest BCUT2D eigenvalue weighted by Gasteiger charge is -2.49. The highest BCUT2D eigenvalue weighted by Crippen LogP contribution is 2.49. The van der Waals surface area contributed by atoms with Crippen molar-refractivity contribution in [3.05, 3.63) is 0 Å². The van der Waals surface area contributed by atoms with Gasteiger partial charge in [-0.2, -0.15) is 0 Å². The van der Waals surface area contributed by atoms with E-state index in [1.54, 1.807) is 0 Å². The Bertz CT molecular complexity index is 2060. The van der Waals surface area contributed by atoms with E-state index in [0.717, 1.165) is 89.9 Å². The third-order valence-corrected chi connectivity index (χ3v) is 20.9. The minimum Gasteiger partial charge on any atom is -0.463 e. The van der Waals surface area contributed by atoms with E-state index in [1.165, 1.54) is 180 Å². The number of aliphatic hydroxyl groups is 10. The van der Waals surface area contributed by atoms with Crippen molar-refractivity contribution in [3.8, 4) is 0 Å². The Hall–Kier alpha value is -2.04. The van der Waals surface area contributed by atoms with Gasteiger partial charge in [-0.3, -0.25) is 23.4 Å². The lowest BCUT2D eigenvalue weighted by atomic mass is 9.84. The SMILES string of the molecule is CCCCCCCCCCCCCCCCCCC(=O)OCC1OC(OC2C(O)C(O)C(O)C(OC3OC(CO)C(O)C(O)C3O)C2OP(=O)(O)OCC(COC(=O)CCCCCCCCCCCCCCCCC)OC(=O)CCCCCCCCCCCCCCCC)C(O)C(O)C1O. The van der Waals surface area contributed by atoms with Crippen molar-refractivity contribution >= 4 is 25.7 Å². The minimum atomic E-state index is -5.69. The highest BCUT2D eigenvalue weighted by molar-refractivity contribution is 7.47. The third kappa shape index (κ3) is 39.5. The molecule has 2 saturated heterocycles. The number of carbonyl (C=O) groups is 3. The zero-order valence-corrected chi connectivity index (χ0v) is 62.7. The Labute approximate surface area is 600 Å². The van der Waals surface area contributed by atoms with Gasteiger partial charge >= 0.3 is 25.7 Å². The van der Waals surface area contributed by atoms with Crippen molar-refractivity contribution in [1.29, 1.82) is 0 Å². The van der Waals surface area contributed by atoms with Crippen molar-refractivity contribution in [2.45, 2.75) is 433 Å². The van der Waals surface area contributed by atoms with Crippen LogP contribution >= 0.6 is 7.82 Å². The molecule has 0 bridgehead atoms. The van der Waals surface area contributed by atoms with Crippen LogP contribution in [0.5, 0.6) is 0 Å². The summed E-state index contributed by atoms with van der Waals surface area (Å²) < 4.78 is 65.2. The molecule has 0 aromatic carbocycles. The highest BCUT2D eigenvalue weighted by atomic mass is 31.2. The van der Waals surface area contributed by atoms with Crippen LogP contribution in [0, 0.1) is 0 Å². The highest BCUT2D eigenvalue weighted by Gasteiger charge is 2.58. The van der Waals surface area contributed by atoms with E-state index < -0.39 is 156 Å². The van der Waals surface area contributed by atoms with Crippen LogP contribution < -0.4 is 0 Å². The van der Waals surface area contributed by atoms with Gasteiger partial charge in [-0.15, -0.1) is 0 Å². The lowest BCUT2D eigenvalue weighted by Crippen LogP contribution is -2.69. The van der Waals surface area contributed by atoms with Crippen molar-refractivity contribution in [2.24, 2.45) is 0 Å². The van der Waals surface area contributed by atoms with Crippen molar-refractivity contribution in [3.63, 3.8) is 0 Å². The van der Waals surface area contributed by atoms with Gasteiger partial charge < -0.3 is 89.1 Å². The van der Waals surface area contributed by atoms with E-state index in [2.05, 4.69) is 20.8 Å². The average Bonchev–Trinajstić information content (AvgIpc) is 0.764. The second-order valence-electron chi connectivity index (χ2n) is 28.8. The summed E-state index contributed by atoms with van der Waals surface area (Å²) in [7, 11) is -5.69. The molecule has 3 rings (SSSR count). The summed E-state index contributed by atoms with van der Waals surface area (Å²) in [5, 5.41) is 110. The predicted molar refractivity (Wildman–Crippen MR) is 379 cm³/mol. The van der Waals surface area contributed by atoms with Gasteiger partial charge in [-0.1, -0.05) is 290 Å². The molecule has 590 valence electrons. The molecule has 2 aliphatic heterocycles. The topological polar surface area (TPSA) is 374 Å². The molecule has 3 fully saturated rings. The molecule has 0 radical (unpaired) electrons. The number of unbranched alkanes of at least 4 members (excludes halogenated alkanes) is 42. The largest absolute Gasteiger partial charge is 0.472 e. The van der Waals surface area contributed by atoms with Crippen LogP contribution in [0.15, 0.2) is 0 Å². The third-order valence-electron chi connectivity index (χ3n) is 19.9. The number of carbonyl (C=O) groups excluding carboxylic acids is 3. The van der Waals surface area contributed by atoms with Crippen LogP contribution in [-0.4, -0.2) is 204 Å². The first-order valence-electron chi connectivity index (χ1n) is 39.8. The summed E-state index contributed by atoms with van der Waals surface area (Å²) in [4.78, 5) is 51.1. The van der Waals surface area contributed by atoms with E-state index in [-0.39, 0.29) is 19.3 Å². The molecule has 0 aromatic rings. The van der Waals surface area contributed by atoms with Gasteiger partial charge in [0, 0.05) is 19.3 Å². The molecule has 18 unspecified atom stereocenters. The van der Waals surface area contributed by atoms with Gasteiger partial charge in [0.2, 0.25) is 0 Å². The maximum Gasteiger partial charge on any atom is 0.472 e.